The van der Waals surface area contributed by atoms with Crippen molar-refractivity contribution in [2.75, 3.05) is 6.54 Å². The van der Waals surface area contributed by atoms with E-state index in [1.807, 2.05) is 12.1 Å². The van der Waals surface area contributed by atoms with Crippen LogP contribution in [0.5, 0.6) is 0 Å². The van der Waals surface area contributed by atoms with Gasteiger partial charge in [-0.1, -0.05) is 12.1 Å². The van der Waals surface area contributed by atoms with Crippen LogP contribution in [0.15, 0.2) is 24.3 Å². The van der Waals surface area contributed by atoms with E-state index in [1.165, 1.54) is 0 Å². The maximum atomic E-state index is 10.6. The Balaban J connectivity index is 1.99. The summed E-state index contributed by atoms with van der Waals surface area (Å²) in [5.74, 6) is 0. The van der Waals surface area contributed by atoms with Gasteiger partial charge in [0.1, 0.15) is 0 Å². The highest BCUT2D eigenvalue weighted by Gasteiger charge is 2.23. The number of hydrogen-bond acceptors (Lipinski definition) is 4. The molecule has 1 aliphatic rings. The molecule has 1 saturated heterocycles. The number of nitro groups is 1. The fraction of sp³-hybridized carbons (Fsp3) is 0.538. The van der Waals surface area contributed by atoms with Gasteiger partial charge in [0.15, 0.2) is 0 Å². The van der Waals surface area contributed by atoms with E-state index in [0.717, 1.165) is 31.5 Å². The van der Waals surface area contributed by atoms with Gasteiger partial charge in [0, 0.05) is 37.3 Å². The van der Waals surface area contributed by atoms with Crippen molar-refractivity contribution in [2.24, 2.45) is 5.73 Å². The number of likely N-dealkylation sites (tertiary alicyclic amines) is 1. The zero-order valence-electron chi connectivity index (χ0n) is 10.6. The van der Waals surface area contributed by atoms with Gasteiger partial charge in [0.25, 0.3) is 5.69 Å². The van der Waals surface area contributed by atoms with Crippen molar-refractivity contribution < 1.29 is 4.92 Å². The minimum atomic E-state index is -0.369. The lowest BCUT2D eigenvalue weighted by Crippen LogP contribution is -2.44. The molecule has 0 amide bonds. The van der Waals surface area contributed by atoms with Gasteiger partial charge in [0.05, 0.1) is 4.92 Å². The summed E-state index contributed by atoms with van der Waals surface area (Å²) >= 11 is 0. The number of nitro benzene ring substituents is 1. The molecule has 1 aliphatic heterocycles. The van der Waals surface area contributed by atoms with Gasteiger partial charge in [-0.2, -0.15) is 0 Å². The highest BCUT2D eigenvalue weighted by molar-refractivity contribution is 5.32. The molecule has 0 spiro atoms. The molecule has 5 nitrogen and oxygen atoms in total. The zero-order chi connectivity index (χ0) is 13.1. The number of nitrogens with zero attached hydrogens (tertiary/aromatic N) is 2. The molecule has 1 fully saturated rings. The summed E-state index contributed by atoms with van der Waals surface area (Å²) in [6.45, 7) is 4.02. The number of hydrogen-bond donors (Lipinski definition) is 1. The number of benzene rings is 1. The predicted octanol–water partition coefficient (Wildman–Crippen LogP) is 1.91. The highest BCUT2D eigenvalue weighted by Crippen LogP contribution is 2.20. The molecule has 2 N–H and O–H groups in total. The number of non-ortho nitro benzene ring substituents is 1. The van der Waals surface area contributed by atoms with Crippen molar-refractivity contribution in [3.05, 3.63) is 39.9 Å². The van der Waals surface area contributed by atoms with Crippen LogP contribution in [0, 0.1) is 10.1 Å². The van der Waals surface area contributed by atoms with Crippen LogP contribution >= 0.6 is 0 Å². The van der Waals surface area contributed by atoms with E-state index >= 15 is 0 Å². The minimum Gasteiger partial charge on any atom is -0.328 e. The number of nitrogens with two attached hydrogens (primary N) is 1. The molecule has 2 atom stereocenters. The predicted molar refractivity (Wildman–Crippen MR) is 70.2 cm³/mol. The van der Waals surface area contributed by atoms with Gasteiger partial charge < -0.3 is 5.73 Å². The molecule has 0 saturated carbocycles. The second-order valence-corrected chi connectivity index (χ2v) is 5.03. The molecule has 2 rings (SSSR count). The first-order chi connectivity index (χ1) is 8.56. The first-order valence-electron chi connectivity index (χ1n) is 6.29. The van der Waals surface area contributed by atoms with Crippen LogP contribution in [0.2, 0.25) is 0 Å². The molecule has 0 radical (unpaired) electrons. The second-order valence-electron chi connectivity index (χ2n) is 5.03. The molecule has 1 heterocycles. The van der Waals surface area contributed by atoms with Crippen LogP contribution in [0.4, 0.5) is 5.69 Å². The van der Waals surface area contributed by atoms with Gasteiger partial charge in [-0.05, 0) is 25.3 Å². The summed E-state index contributed by atoms with van der Waals surface area (Å²) in [6.07, 6.45) is 2.05. The Morgan fingerprint density at radius 2 is 2.11 bits per heavy atom. The summed E-state index contributed by atoms with van der Waals surface area (Å²) in [5, 5.41) is 10.6. The van der Waals surface area contributed by atoms with E-state index in [9.17, 15) is 10.1 Å². The molecule has 0 bridgehead atoms. The molecular formula is C13H19N3O2. The van der Waals surface area contributed by atoms with Crippen molar-refractivity contribution in [2.45, 2.75) is 38.4 Å². The molecule has 1 aromatic carbocycles. The van der Waals surface area contributed by atoms with E-state index < -0.39 is 0 Å². The number of piperidine rings is 1. The summed E-state index contributed by atoms with van der Waals surface area (Å²) < 4.78 is 0. The maximum Gasteiger partial charge on any atom is 0.269 e. The van der Waals surface area contributed by atoms with Crippen LogP contribution in [-0.2, 0) is 6.54 Å². The molecule has 0 aliphatic carbocycles. The maximum absolute atomic E-state index is 10.6. The molecule has 2 unspecified atom stereocenters. The fourth-order valence-electron chi connectivity index (χ4n) is 2.45. The average molecular weight is 249 g/mol. The Bertz CT molecular complexity index is 419. The van der Waals surface area contributed by atoms with Crippen molar-refractivity contribution in [1.29, 1.82) is 0 Å². The van der Waals surface area contributed by atoms with E-state index in [2.05, 4.69) is 11.8 Å². The lowest BCUT2D eigenvalue weighted by molar-refractivity contribution is -0.384. The van der Waals surface area contributed by atoms with E-state index in [1.54, 1.807) is 12.1 Å². The smallest absolute Gasteiger partial charge is 0.269 e. The first kappa shape index (κ1) is 13.0. The van der Waals surface area contributed by atoms with Crippen molar-refractivity contribution in [1.82, 2.24) is 4.90 Å². The van der Waals surface area contributed by atoms with Crippen molar-refractivity contribution >= 4 is 5.69 Å². The molecule has 1 aromatic rings. The van der Waals surface area contributed by atoms with E-state index in [4.69, 9.17) is 5.73 Å². The SMILES string of the molecule is CC1CC(N)CCN1Cc1ccc([N+](=O)[O-])cc1. The van der Waals surface area contributed by atoms with Gasteiger partial charge in [-0.15, -0.1) is 0 Å². The van der Waals surface area contributed by atoms with Crippen LogP contribution in [0.3, 0.4) is 0 Å². The largest absolute Gasteiger partial charge is 0.328 e. The van der Waals surface area contributed by atoms with Crippen LogP contribution < -0.4 is 5.73 Å². The fourth-order valence-corrected chi connectivity index (χ4v) is 2.45. The van der Waals surface area contributed by atoms with E-state index in [0.29, 0.717) is 12.1 Å². The van der Waals surface area contributed by atoms with Gasteiger partial charge in [-0.3, -0.25) is 15.0 Å². The topological polar surface area (TPSA) is 72.4 Å². The zero-order valence-corrected chi connectivity index (χ0v) is 10.6. The third-order valence-electron chi connectivity index (χ3n) is 3.59. The highest BCUT2D eigenvalue weighted by atomic mass is 16.6. The number of rotatable bonds is 3. The summed E-state index contributed by atoms with van der Waals surface area (Å²) in [6, 6.07) is 7.58. The Kier molecular flexibility index (Phi) is 3.93. The summed E-state index contributed by atoms with van der Waals surface area (Å²) in [5.41, 5.74) is 7.19. The lowest BCUT2D eigenvalue weighted by atomic mass is 9.98. The molecular weight excluding hydrogens is 230 g/mol. The molecule has 98 valence electrons. The molecule has 5 heteroatoms. The molecule has 18 heavy (non-hydrogen) atoms. The van der Waals surface area contributed by atoms with Crippen LogP contribution in [-0.4, -0.2) is 28.5 Å². The Morgan fingerprint density at radius 3 is 2.67 bits per heavy atom. The third kappa shape index (κ3) is 3.05. The van der Waals surface area contributed by atoms with Crippen molar-refractivity contribution in [3.63, 3.8) is 0 Å². The van der Waals surface area contributed by atoms with Gasteiger partial charge in [0.2, 0.25) is 0 Å². The standard InChI is InChI=1S/C13H19N3O2/c1-10-8-12(14)6-7-15(10)9-11-2-4-13(5-3-11)16(17)18/h2-5,10,12H,6-9,14H2,1H3. The van der Waals surface area contributed by atoms with Crippen LogP contribution in [0.25, 0.3) is 0 Å². The van der Waals surface area contributed by atoms with Gasteiger partial charge in [-0.25, -0.2) is 0 Å². The molecule has 0 aromatic heterocycles. The van der Waals surface area contributed by atoms with Crippen LogP contribution in [0.1, 0.15) is 25.3 Å². The first-order valence-corrected chi connectivity index (χ1v) is 6.29. The quantitative estimate of drug-likeness (QED) is 0.656. The average Bonchev–Trinajstić information content (AvgIpc) is 2.33. The Morgan fingerprint density at radius 1 is 1.44 bits per heavy atom. The second kappa shape index (κ2) is 5.46. The minimum absolute atomic E-state index is 0.146. The lowest BCUT2D eigenvalue weighted by Gasteiger charge is -2.36. The Labute approximate surface area is 107 Å². The summed E-state index contributed by atoms with van der Waals surface area (Å²) in [4.78, 5) is 12.6. The monoisotopic (exact) mass is 249 g/mol. The summed E-state index contributed by atoms with van der Waals surface area (Å²) in [7, 11) is 0. The van der Waals surface area contributed by atoms with E-state index in [-0.39, 0.29) is 10.6 Å². The Hall–Kier alpha value is -1.46. The van der Waals surface area contributed by atoms with Crippen molar-refractivity contribution in [3.8, 4) is 0 Å². The normalized spacial score (nSPS) is 25.0. The third-order valence-corrected chi connectivity index (χ3v) is 3.59. The van der Waals surface area contributed by atoms with Gasteiger partial charge >= 0.3 is 0 Å².